The van der Waals surface area contributed by atoms with Gasteiger partial charge in [0.15, 0.2) is 18.0 Å². The van der Waals surface area contributed by atoms with Crippen molar-refractivity contribution in [2.24, 2.45) is 11.8 Å². The standard InChI is InChI=1S/C23H19NO5/c25-16-12-11-15-17(16)19-21(29-23(27)14-9-5-2-6-10-14)20(18(15)24-19)28-22(26)13-7-3-1-4-8-13/h1-12,15,17-21,24H. The summed E-state index contributed by atoms with van der Waals surface area (Å²) in [6.45, 7) is 0. The van der Waals surface area contributed by atoms with Gasteiger partial charge < -0.3 is 14.8 Å². The Morgan fingerprint density at radius 2 is 1.28 bits per heavy atom. The second kappa shape index (κ2) is 6.97. The average Bonchev–Trinajstić information content (AvgIpc) is 3.42. The van der Waals surface area contributed by atoms with Crippen molar-refractivity contribution in [1.29, 1.82) is 0 Å². The molecule has 3 aliphatic rings. The van der Waals surface area contributed by atoms with Gasteiger partial charge in [-0.3, -0.25) is 4.79 Å². The van der Waals surface area contributed by atoms with Crippen LogP contribution >= 0.6 is 0 Å². The van der Waals surface area contributed by atoms with Gasteiger partial charge in [0, 0.05) is 11.8 Å². The van der Waals surface area contributed by atoms with Crippen molar-refractivity contribution >= 4 is 17.7 Å². The van der Waals surface area contributed by atoms with Crippen LogP contribution in [0.25, 0.3) is 0 Å². The van der Waals surface area contributed by atoms with Crippen molar-refractivity contribution in [3.8, 4) is 0 Å². The molecular formula is C23H19NO5. The smallest absolute Gasteiger partial charge is 0.338 e. The SMILES string of the molecule is O=C(OC1C2NC(C1OC(=O)c1ccccc1)C1C(=O)C=CC21)c1ccccc1. The number of benzene rings is 2. The molecule has 6 unspecified atom stereocenters. The Labute approximate surface area is 167 Å². The lowest BCUT2D eigenvalue weighted by Gasteiger charge is -2.34. The van der Waals surface area contributed by atoms with Crippen molar-refractivity contribution < 1.29 is 23.9 Å². The molecule has 29 heavy (non-hydrogen) atoms. The van der Waals surface area contributed by atoms with E-state index in [4.69, 9.17) is 9.47 Å². The number of nitrogens with one attached hydrogen (secondary N) is 1. The van der Waals surface area contributed by atoms with Crippen LogP contribution in [0.4, 0.5) is 0 Å². The molecule has 0 amide bonds. The summed E-state index contributed by atoms with van der Waals surface area (Å²) in [5, 5.41) is 3.35. The van der Waals surface area contributed by atoms with Crippen LogP contribution in [0.3, 0.4) is 0 Å². The third-order valence-corrected chi connectivity index (χ3v) is 5.95. The van der Waals surface area contributed by atoms with E-state index >= 15 is 0 Å². The summed E-state index contributed by atoms with van der Waals surface area (Å²) in [6, 6.07) is 16.7. The maximum absolute atomic E-state index is 12.7. The van der Waals surface area contributed by atoms with E-state index in [1.807, 2.05) is 18.2 Å². The quantitative estimate of drug-likeness (QED) is 0.807. The number of allylic oxidation sites excluding steroid dienone is 1. The molecule has 146 valence electrons. The molecule has 6 nitrogen and oxygen atoms in total. The van der Waals surface area contributed by atoms with Gasteiger partial charge in [-0.1, -0.05) is 42.5 Å². The lowest BCUT2D eigenvalue weighted by molar-refractivity contribution is -0.121. The number of ether oxygens (including phenoxy) is 2. The summed E-state index contributed by atoms with van der Waals surface area (Å²) in [7, 11) is 0. The Bertz CT molecular complexity index is 987. The lowest BCUT2D eigenvalue weighted by atomic mass is 9.77. The van der Waals surface area contributed by atoms with E-state index in [1.54, 1.807) is 54.6 Å². The fourth-order valence-electron chi connectivity index (χ4n) is 4.66. The van der Waals surface area contributed by atoms with Gasteiger partial charge >= 0.3 is 11.9 Å². The Morgan fingerprint density at radius 3 is 1.83 bits per heavy atom. The molecule has 0 aromatic heterocycles. The molecule has 2 aliphatic heterocycles. The van der Waals surface area contributed by atoms with Crippen LogP contribution in [-0.2, 0) is 14.3 Å². The summed E-state index contributed by atoms with van der Waals surface area (Å²) in [4.78, 5) is 37.6. The number of carbonyl (C=O) groups excluding carboxylic acids is 3. The third kappa shape index (κ3) is 2.96. The number of esters is 2. The van der Waals surface area contributed by atoms with Crippen LogP contribution < -0.4 is 5.32 Å². The molecular weight excluding hydrogens is 370 g/mol. The van der Waals surface area contributed by atoms with E-state index in [0.717, 1.165) is 0 Å². The fraction of sp³-hybridized carbons (Fsp3) is 0.261. The number of hydrogen-bond acceptors (Lipinski definition) is 6. The molecule has 0 radical (unpaired) electrons. The van der Waals surface area contributed by atoms with Gasteiger partial charge in [-0.15, -0.1) is 0 Å². The predicted octanol–water partition coefficient (Wildman–Crippen LogP) is 2.16. The first kappa shape index (κ1) is 17.8. The minimum Gasteiger partial charge on any atom is -0.453 e. The largest absolute Gasteiger partial charge is 0.453 e. The third-order valence-electron chi connectivity index (χ3n) is 5.95. The van der Waals surface area contributed by atoms with Gasteiger partial charge in [0.05, 0.1) is 23.2 Å². The normalized spacial score (nSPS) is 31.5. The molecule has 1 aliphatic carbocycles. The maximum Gasteiger partial charge on any atom is 0.338 e. The lowest BCUT2D eigenvalue weighted by Crippen LogP contribution is -2.50. The van der Waals surface area contributed by atoms with Gasteiger partial charge in [0.2, 0.25) is 0 Å². The number of fused-ring (bicyclic) bond motifs is 5. The Balaban J connectivity index is 1.41. The highest BCUT2D eigenvalue weighted by Crippen LogP contribution is 2.45. The highest BCUT2D eigenvalue weighted by atomic mass is 16.6. The molecule has 2 aromatic carbocycles. The molecule has 6 heteroatoms. The molecule has 2 aromatic rings. The van der Waals surface area contributed by atoms with E-state index in [2.05, 4.69) is 5.32 Å². The highest BCUT2D eigenvalue weighted by Gasteiger charge is 2.63. The van der Waals surface area contributed by atoms with Crippen molar-refractivity contribution in [2.45, 2.75) is 24.3 Å². The van der Waals surface area contributed by atoms with Gasteiger partial charge in [-0.05, 0) is 30.3 Å². The first-order chi connectivity index (χ1) is 14.1. The molecule has 2 fully saturated rings. The van der Waals surface area contributed by atoms with E-state index in [0.29, 0.717) is 11.1 Å². The average molecular weight is 389 g/mol. The minimum atomic E-state index is -0.731. The van der Waals surface area contributed by atoms with Crippen LogP contribution in [0.2, 0.25) is 0 Å². The number of carbonyl (C=O) groups is 3. The first-order valence-corrected chi connectivity index (χ1v) is 9.63. The summed E-state index contributed by atoms with van der Waals surface area (Å²) < 4.78 is 11.6. The van der Waals surface area contributed by atoms with Crippen LogP contribution in [0.1, 0.15) is 20.7 Å². The van der Waals surface area contributed by atoms with E-state index < -0.39 is 24.1 Å². The zero-order valence-electron chi connectivity index (χ0n) is 15.4. The summed E-state index contributed by atoms with van der Waals surface area (Å²) in [5.74, 6) is -1.31. The van der Waals surface area contributed by atoms with Gasteiger partial charge in [-0.2, -0.15) is 0 Å². The summed E-state index contributed by atoms with van der Waals surface area (Å²) in [6.07, 6.45) is 2.04. The highest BCUT2D eigenvalue weighted by molar-refractivity contribution is 5.96. The van der Waals surface area contributed by atoms with Gasteiger partial charge in [0.25, 0.3) is 0 Å². The Morgan fingerprint density at radius 1 is 0.759 bits per heavy atom. The minimum absolute atomic E-state index is 0.0172. The summed E-state index contributed by atoms with van der Waals surface area (Å²) in [5.41, 5.74) is 0.842. The van der Waals surface area contributed by atoms with Crippen molar-refractivity contribution in [3.05, 3.63) is 83.9 Å². The van der Waals surface area contributed by atoms with Crippen molar-refractivity contribution in [3.63, 3.8) is 0 Å². The Hall–Kier alpha value is -3.25. The van der Waals surface area contributed by atoms with Crippen molar-refractivity contribution in [2.75, 3.05) is 0 Å². The number of ketones is 1. The zero-order chi connectivity index (χ0) is 20.0. The van der Waals surface area contributed by atoms with Crippen LogP contribution in [0.15, 0.2) is 72.8 Å². The van der Waals surface area contributed by atoms with E-state index in [-0.39, 0.29) is 29.7 Å². The summed E-state index contributed by atoms with van der Waals surface area (Å²) >= 11 is 0. The molecule has 0 spiro atoms. The second-order valence-electron chi connectivity index (χ2n) is 7.55. The van der Waals surface area contributed by atoms with Gasteiger partial charge in [0.1, 0.15) is 0 Å². The van der Waals surface area contributed by atoms with Crippen LogP contribution in [0.5, 0.6) is 0 Å². The Kier molecular flexibility index (Phi) is 4.28. The fourth-order valence-corrected chi connectivity index (χ4v) is 4.66. The monoisotopic (exact) mass is 389 g/mol. The second-order valence-corrected chi connectivity index (χ2v) is 7.55. The van der Waals surface area contributed by atoms with E-state index in [9.17, 15) is 14.4 Å². The van der Waals surface area contributed by atoms with Crippen molar-refractivity contribution in [1.82, 2.24) is 5.32 Å². The molecule has 0 saturated carbocycles. The van der Waals surface area contributed by atoms with Gasteiger partial charge in [-0.25, -0.2) is 9.59 Å². The van der Waals surface area contributed by atoms with Crippen LogP contribution in [0, 0.1) is 11.8 Å². The molecule has 6 atom stereocenters. The first-order valence-electron chi connectivity index (χ1n) is 9.63. The predicted molar refractivity (Wildman–Crippen MR) is 103 cm³/mol. The zero-order valence-corrected chi connectivity index (χ0v) is 15.4. The van der Waals surface area contributed by atoms with E-state index in [1.165, 1.54) is 0 Å². The number of hydrogen-bond donors (Lipinski definition) is 1. The molecule has 2 saturated heterocycles. The maximum atomic E-state index is 12.7. The molecule has 2 heterocycles. The molecule has 5 rings (SSSR count). The molecule has 2 bridgehead atoms. The number of rotatable bonds is 4. The topological polar surface area (TPSA) is 81.7 Å². The van der Waals surface area contributed by atoms with Crippen LogP contribution in [-0.4, -0.2) is 42.0 Å². The molecule has 1 N–H and O–H groups in total.